The zero-order valence-electron chi connectivity index (χ0n) is 14.1. The lowest BCUT2D eigenvalue weighted by atomic mass is 10.2. The molecule has 3 aromatic rings. The number of amides is 2. The van der Waals surface area contributed by atoms with Gasteiger partial charge >= 0.3 is 0 Å². The smallest absolute Gasteiger partial charge is 0.267 e. The van der Waals surface area contributed by atoms with Crippen molar-refractivity contribution >= 4 is 23.4 Å². The van der Waals surface area contributed by atoms with Gasteiger partial charge in [0.15, 0.2) is 0 Å². The minimum Gasteiger partial charge on any atom is -0.267 e. The predicted molar refractivity (Wildman–Crippen MR) is 99.3 cm³/mol. The van der Waals surface area contributed by atoms with E-state index in [0.29, 0.717) is 22.6 Å². The zero-order chi connectivity index (χ0) is 18.5. The van der Waals surface area contributed by atoms with Gasteiger partial charge in [-0.2, -0.15) is 5.10 Å². The van der Waals surface area contributed by atoms with Crippen LogP contribution >= 0.6 is 11.6 Å². The van der Waals surface area contributed by atoms with Crippen molar-refractivity contribution in [2.24, 2.45) is 0 Å². The minimum atomic E-state index is -0.431. The van der Waals surface area contributed by atoms with E-state index >= 15 is 0 Å². The molecule has 132 valence electrons. The van der Waals surface area contributed by atoms with Crippen molar-refractivity contribution in [1.82, 2.24) is 20.6 Å². The second-order valence-corrected chi connectivity index (χ2v) is 5.96. The first kappa shape index (κ1) is 17.7. The van der Waals surface area contributed by atoms with E-state index in [-0.39, 0.29) is 5.91 Å². The zero-order valence-corrected chi connectivity index (χ0v) is 14.8. The third-order valence-electron chi connectivity index (χ3n) is 3.83. The van der Waals surface area contributed by atoms with Gasteiger partial charge in [0.05, 0.1) is 23.1 Å². The summed E-state index contributed by atoms with van der Waals surface area (Å²) in [6.07, 6.45) is 2.06. The van der Waals surface area contributed by atoms with Crippen LogP contribution in [0.1, 0.15) is 33.3 Å². The molecule has 3 rings (SSSR count). The number of hydrogen-bond donors (Lipinski definition) is 2. The van der Waals surface area contributed by atoms with Crippen LogP contribution in [0, 0.1) is 0 Å². The molecule has 26 heavy (non-hydrogen) atoms. The second-order valence-electron chi connectivity index (χ2n) is 5.52. The van der Waals surface area contributed by atoms with Crippen LogP contribution in [0.25, 0.3) is 5.69 Å². The molecule has 0 saturated carbocycles. The Kier molecular flexibility index (Phi) is 5.34. The standard InChI is InChI=1S/C19H17ClN4O2/c1-2-17-16(12-21-24(17)15-10-6-9-14(20)11-15)19(26)23-22-18(25)13-7-4-3-5-8-13/h3-12H,2H2,1H3,(H,22,25)(H,23,26). The summed E-state index contributed by atoms with van der Waals surface area (Å²) in [5.41, 5.74) is 7.17. The lowest BCUT2D eigenvalue weighted by Crippen LogP contribution is -2.41. The SMILES string of the molecule is CCc1c(C(=O)NNC(=O)c2ccccc2)cnn1-c1cccc(Cl)c1. The number of benzene rings is 2. The van der Waals surface area contributed by atoms with Crippen LogP contribution in [0.4, 0.5) is 0 Å². The van der Waals surface area contributed by atoms with E-state index in [1.165, 1.54) is 6.20 Å². The number of aromatic nitrogens is 2. The molecule has 0 unspecified atom stereocenters. The molecule has 2 aromatic carbocycles. The van der Waals surface area contributed by atoms with Crippen LogP contribution in [-0.4, -0.2) is 21.6 Å². The summed E-state index contributed by atoms with van der Waals surface area (Å²) in [4.78, 5) is 24.5. The number of halogens is 1. The maximum absolute atomic E-state index is 12.5. The molecule has 0 radical (unpaired) electrons. The first-order valence-electron chi connectivity index (χ1n) is 8.08. The largest absolute Gasteiger partial charge is 0.273 e. The highest BCUT2D eigenvalue weighted by molar-refractivity contribution is 6.30. The van der Waals surface area contributed by atoms with E-state index < -0.39 is 5.91 Å². The van der Waals surface area contributed by atoms with Crippen molar-refractivity contribution in [2.75, 3.05) is 0 Å². The molecule has 0 saturated heterocycles. The maximum Gasteiger partial charge on any atom is 0.273 e. The Morgan fingerprint density at radius 1 is 1.04 bits per heavy atom. The molecule has 0 aliphatic heterocycles. The fourth-order valence-corrected chi connectivity index (χ4v) is 2.76. The quantitative estimate of drug-likeness (QED) is 0.694. The molecular weight excluding hydrogens is 352 g/mol. The van der Waals surface area contributed by atoms with Crippen LogP contribution in [0.2, 0.25) is 5.02 Å². The fourth-order valence-electron chi connectivity index (χ4n) is 2.58. The number of nitrogens with one attached hydrogen (secondary N) is 2. The minimum absolute atomic E-state index is 0.390. The molecule has 0 spiro atoms. The number of carbonyl (C=O) groups excluding carboxylic acids is 2. The molecule has 2 N–H and O–H groups in total. The van der Waals surface area contributed by atoms with Gasteiger partial charge in [-0.25, -0.2) is 4.68 Å². The van der Waals surface area contributed by atoms with Gasteiger partial charge in [-0.15, -0.1) is 0 Å². The van der Waals surface area contributed by atoms with Gasteiger partial charge in [-0.05, 0) is 36.8 Å². The lowest BCUT2D eigenvalue weighted by molar-refractivity contribution is 0.0846. The Labute approximate surface area is 155 Å². The van der Waals surface area contributed by atoms with E-state index in [0.717, 1.165) is 11.4 Å². The summed E-state index contributed by atoms with van der Waals surface area (Å²) in [7, 11) is 0. The highest BCUT2D eigenvalue weighted by atomic mass is 35.5. The molecule has 0 aliphatic rings. The highest BCUT2D eigenvalue weighted by Gasteiger charge is 2.18. The van der Waals surface area contributed by atoms with Crippen molar-refractivity contribution in [2.45, 2.75) is 13.3 Å². The first-order valence-corrected chi connectivity index (χ1v) is 8.46. The van der Waals surface area contributed by atoms with Gasteiger partial charge in [0.25, 0.3) is 11.8 Å². The van der Waals surface area contributed by atoms with Crippen molar-refractivity contribution in [3.8, 4) is 5.69 Å². The Morgan fingerprint density at radius 3 is 2.46 bits per heavy atom. The molecule has 6 nitrogen and oxygen atoms in total. The van der Waals surface area contributed by atoms with Gasteiger partial charge in [-0.3, -0.25) is 20.4 Å². The van der Waals surface area contributed by atoms with Crippen molar-refractivity contribution in [3.05, 3.63) is 82.6 Å². The topological polar surface area (TPSA) is 76.0 Å². The van der Waals surface area contributed by atoms with Gasteiger partial charge in [0, 0.05) is 10.6 Å². The van der Waals surface area contributed by atoms with Gasteiger partial charge < -0.3 is 0 Å². The van der Waals surface area contributed by atoms with E-state index in [1.54, 1.807) is 41.1 Å². The predicted octanol–water partition coefficient (Wildman–Crippen LogP) is 3.16. The van der Waals surface area contributed by atoms with Crippen molar-refractivity contribution < 1.29 is 9.59 Å². The Morgan fingerprint density at radius 2 is 1.77 bits per heavy atom. The number of carbonyl (C=O) groups is 2. The molecule has 2 amide bonds. The van der Waals surface area contributed by atoms with Gasteiger partial charge in [0.2, 0.25) is 0 Å². The average molecular weight is 369 g/mol. The van der Waals surface area contributed by atoms with E-state index in [4.69, 9.17) is 11.6 Å². The maximum atomic E-state index is 12.5. The monoisotopic (exact) mass is 368 g/mol. The summed E-state index contributed by atoms with van der Waals surface area (Å²) in [6, 6.07) is 15.9. The summed E-state index contributed by atoms with van der Waals surface area (Å²) < 4.78 is 1.67. The molecule has 0 bridgehead atoms. The Balaban J connectivity index is 1.77. The normalized spacial score (nSPS) is 10.4. The molecule has 0 atom stereocenters. The number of rotatable bonds is 4. The molecular formula is C19H17ClN4O2. The summed E-state index contributed by atoms with van der Waals surface area (Å²) in [5, 5.41) is 4.87. The number of hydrogen-bond acceptors (Lipinski definition) is 3. The van der Waals surface area contributed by atoms with Crippen LogP contribution in [0.15, 0.2) is 60.8 Å². The molecule has 1 heterocycles. The van der Waals surface area contributed by atoms with Gasteiger partial charge in [0.1, 0.15) is 0 Å². The second kappa shape index (κ2) is 7.84. The fraction of sp³-hybridized carbons (Fsp3) is 0.105. The highest BCUT2D eigenvalue weighted by Crippen LogP contribution is 2.19. The van der Waals surface area contributed by atoms with Crippen LogP contribution in [-0.2, 0) is 6.42 Å². The molecule has 0 aliphatic carbocycles. The Bertz CT molecular complexity index is 938. The first-order chi connectivity index (χ1) is 12.6. The van der Waals surface area contributed by atoms with Gasteiger partial charge in [-0.1, -0.05) is 42.8 Å². The van der Waals surface area contributed by atoms with Crippen molar-refractivity contribution in [3.63, 3.8) is 0 Å². The summed E-state index contributed by atoms with van der Waals surface area (Å²) >= 11 is 6.03. The van der Waals surface area contributed by atoms with E-state index in [9.17, 15) is 9.59 Å². The van der Waals surface area contributed by atoms with Crippen LogP contribution < -0.4 is 10.9 Å². The summed E-state index contributed by atoms with van der Waals surface area (Å²) in [6.45, 7) is 1.93. The number of nitrogens with zero attached hydrogens (tertiary/aromatic N) is 2. The van der Waals surface area contributed by atoms with E-state index in [2.05, 4.69) is 16.0 Å². The molecule has 1 aromatic heterocycles. The molecule has 7 heteroatoms. The third kappa shape index (κ3) is 3.75. The van der Waals surface area contributed by atoms with Crippen LogP contribution in [0.5, 0.6) is 0 Å². The Hall–Kier alpha value is -3.12. The average Bonchev–Trinajstić information content (AvgIpc) is 3.10. The van der Waals surface area contributed by atoms with Crippen molar-refractivity contribution in [1.29, 1.82) is 0 Å². The number of hydrazine groups is 1. The van der Waals surface area contributed by atoms with Crippen LogP contribution in [0.3, 0.4) is 0 Å². The summed E-state index contributed by atoms with van der Waals surface area (Å²) in [5.74, 6) is -0.821. The lowest BCUT2D eigenvalue weighted by Gasteiger charge is -2.09. The molecule has 0 fully saturated rings. The van der Waals surface area contributed by atoms with E-state index in [1.807, 2.05) is 25.1 Å². The third-order valence-corrected chi connectivity index (χ3v) is 4.06.